The summed E-state index contributed by atoms with van der Waals surface area (Å²) in [7, 11) is 0. The summed E-state index contributed by atoms with van der Waals surface area (Å²) in [4.78, 5) is 27.5. The molecule has 0 atom stereocenters. The number of amides is 3. The van der Waals surface area contributed by atoms with Crippen LogP contribution in [-0.2, 0) is 4.79 Å². The highest BCUT2D eigenvalue weighted by Gasteiger charge is 2.25. The molecular weight excluding hydrogens is 294 g/mol. The first kappa shape index (κ1) is 15.6. The first-order valence-corrected chi connectivity index (χ1v) is 8.17. The highest BCUT2D eigenvalue weighted by Crippen LogP contribution is 2.21. The zero-order valence-electron chi connectivity index (χ0n) is 13.5. The maximum atomic E-state index is 12.5. The average Bonchev–Trinajstić information content (AvgIpc) is 3.10. The van der Waals surface area contributed by atoms with Gasteiger partial charge < -0.3 is 19.5 Å². The van der Waals surface area contributed by atoms with Crippen molar-refractivity contribution in [2.75, 3.05) is 26.2 Å². The minimum atomic E-state index is -0.0246. The monoisotopic (exact) mass is 317 g/mol. The fraction of sp³-hybridized carbons (Fsp3) is 0.529. The summed E-state index contributed by atoms with van der Waals surface area (Å²) in [6, 6.07) is 3.91. The van der Waals surface area contributed by atoms with E-state index >= 15 is 0 Å². The normalized spacial score (nSPS) is 19.4. The molecule has 2 aliphatic rings. The Hall–Kier alpha value is -2.24. The number of rotatable bonds is 2. The summed E-state index contributed by atoms with van der Waals surface area (Å²) >= 11 is 0. The third-order valence-electron chi connectivity index (χ3n) is 4.54. The molecule has 3 rings (SSSR count). The minimum Gasteiger partial charge on any atom is -0.465 e. The van der Waals surface area contributed by atoms with Gasteiger partial charge in [0.15, 0.2) is 0 Å². The summed E-state index contributed by atoms with van der Waals surface area (Å²) in [6.45, 7) is 4.33. The van der Waals surface area contributed by atoms with Crippen molar-refractivity contribution in [3.05, 3.63) is 30.2 Å². The molecule has 1 fully saturated rings. The molecule has 0 spiro atoms. The molecule has 1 aromatic rings. The van der Waals surface area contributed by atoms with Crippen molar-refractivity contribution < 1.29 is 14.0 Å². The Labute approximate surface area is 136 Å². The van der Waals surface area contributed by atoms with Gasteiger partial charge in [-0.25, -0.2) is 4.79 Å². The van der Waals surface area contributed by atoms with Crippen LogP contribution < -0.4 is 5.32 Å². The number of hydrogen-bond donors (Lipinski definition) is 1. The van der Waals surface area contributed by atoms with Gasteiger partial charge in [0.05, 0.1) is 12.8 Å². The van der Waals surface area contributed by atoms with Gasteiger partial charge in [0.1, 0.15) is 5.76 Å². The highest BCUT2D eigenvalue weighted by molar-refractivity contribution is 5.78. The predicted octanol–water partition coefficient (Wildman–Crippen LogP) is 2.09. The van der Waals surface area contributed by atoms with Gasteiger partial charge in [0.25, 0.3) is 0 Å². The van der Waals surface area contributed by atoms with E-state index in [4.69, 9.17) is 4.42 Å². The van der Waals surface area contributed by atoms with Gasteiger partial charge in [-0.3, -0.25) is 4.79 Å². The van der Waals surface area contributed by atoms with Crippen LogP contribution in [0.2, 0.25) is 0 Å². The van der Waals surface area contributed by atoms with Crippen LogP contribution in [0.1, 0.15) is 31.9 Å². The Balaban J connectivity index is 1.51. The molecule has 0 aliphatic carbocycles. The molecule has 0 saturated carbocycles. The Morgan fingerprint density at radius 1 is 1.22 bits per heavy atom. The molecule has 3 heterocycles. The zero-order chi connectivity index (χ0) is 16.2. The van der Waals surface area contributed by atoms with E-state index in [9.17, 15) is 9.59 Å². The number of urea groups is 1. The van der Waals surface area contributed by atoms with E-state index in [0.29, 0.717) is 6.54 Å². The molecule has 6 heteroatoms. The van der Waals surface area contributed by atoms with Crippen LogP contribution >= 0.6 is 0 Å². The topological polar surface area (TPSA) is 65.8 Å². The van der Waals surface area contributed by atoms with Crippen LogP contribution in [0.25, 0.3) is 5.57 Å². The number of hydrogen-bond acceptors (Lipinski definition) is 3. The summed E-state index contributed by atoms with van der Waals surface area (Å²) in [6.07, 6.45) is 6.26. The number of piperidine rings is 1. The van der Waals surface area contributed by atoms with E-state index in [1.165, 1.54) is 0 Å². The number of nitrogens with one attached hydrogen (secondary N) is 1. The molecule has 0 aromatic carbocycles. The smallest absolute Gasteiger partial charge is 0.317 e. The quantitative estimate of drug-likeness (QED) is 0.908. The standard InChI is InChI=1S/C17H23N3O3/c1-13(21)19-9-6-15(7-10-19)18-17(22)20-8-2-4-14(12-20)16-5-3-11-23-16/h3-5,11,15H,2,6-10,12H2,1H3,(H,18,22). The lowest BCUT2D eigenvalue weighted by Crippen LogP contribution is -2.50. The lowest BCUT2D eigenvalue weighted by Gasteiger charge is -2.34. The van der Waals surface area contributed by atoms with E-state index in [1.807, 2.05) is 21.9 Å². The molecule has 0 unspecified atom stereocenters. The SMILES string of the molecule is CC(=O)N1CCC(NC(=O)N2CCC=C(c3ccco3)C2)CC1. The molecule has 1 saturated heterocycles. The molecule has 2 aliphatic heterocycles. The number of carbonyl (C=O) groups excluding carboxylic acids is 2. The van der Waals surface area contributed by atoms with Crippen LogP contribution in [0.5, 0.6) is 0 Å². The molecule has 6 nitrogen and oxygen atoms in total. The van der Waals surface area contributed by atoms with Gasteiger partial charge in [0, 0.05) is 38.2 Å². The number of likely N-dealkylation sites (tertiary alicyclic amines) is 1. The van der Waals surface area contributed by atoms with E-state index in [-0.39, 0.29) is 18.0 Å². The zero-order valence-corrected chi connectivity index (χ0v) is 13.5. The molecule has 23 heavy (non-hydrogen) atoms. The molecule has 3 amide bonds. The number of carbonyl (C=O) groups is 2. The Kier molecular flexibility index (Phi) is 4.69. The Bertz CT molecular complexity index is 586. The van der Waals surface area contributed by atoms with Crippen molar-refractivity contribution in [1.82, 2.24) is 15.1 Å². The lowest BCUT2D eigenvalue weighted by molar-refractivity contribution is -0.129. The third-order valence-corrected chi connectivity index (χ3v) is 4.54. The third kappa shape index (κ3) is 3.75. The second kappa shape index (κ2) is 6.89. The van der Waals surface area contributed by atoms with E-state index in [2.05, 4.69) is 11.4 Å². The summed E-state index contributed by atoms with van der Waals surface area (Å²) in [5, 5.41) is 3.11. The van der Waals surface area contributed by atoms with Gasteiger partial charge in [-0.15, -0.1) is 0 Å². The van der Waals surface area contributed by atoms with Crippen LogP contribution in [0.4, 0.5) is 4.79 Å². The summed E-state index contributed by atoms with van der Waals surface area (Å²) in [5.74, 6) is 0.941. The second-order valence-electron chi connectivity index (χ2n) is 6.15. The van der Waals surface area contributed by atoms with Gasteiger partial charge in [-0.1, -0.05) is 6.08 Å². The van der Waals surface area contributed by atoms with Gasteiger partial charge in [-0.05, 0) is 31.4 Å². The lowest BCUT2D eigenvalue weighted by atomic mass is 10.0. The highest BCUT2D eigenvalue weighted by atomic mass is 16.3. The number of nitrogens with zero attached hydrogens (tertiary/aromatic N) is 2. The molecule has 0 bridgehead atoms. The summed E-state index contributed by atoms with van der Waals surface area (Å²) < 4.78 is 5.42. The van der Waals surface area contributed by atoms with Crippen molar-refractivity contribution in [1.29, 1.82) is 0 Å². The average molecular weight is 317 g/mol. The van der Waals surface area contributed by atoms with Crippen molar-refractivity contribution in [2.45, 2.75) is 32.2 Å². The summed E-state index contributed by atoms with van der Waals surface area (Å²) in [5.41, 5.74) is 1.06. The van der Waals surface area contributed by atoms with Crippen LogP contribution in [0.15, 0.2) is 28.9 Å². The first-order chi connectivity index (χ1) is 11.1. The van der Waals surface area contributed by atoms with Crippen LogP contribution in [-0.4, -0.2) is 54.0 Å². The van der Waals surface area contributed by atoms with Gasteiger partial charge >= 0.3 is 6.03 Å². The number of furan rings is 1. The van der Waals surface area contributed by atoms with Crippen LogP contribution in [0, 0.1) is 0 Å². The minimum absolute atomic E-state index is 0.0246. The van der Waals surface area contributed by atoms with Crippen molar-refractivity contribution in [3.63, 3.8) is 0 Å². The fourth-order valence-corrected chi connectivity index (χ4v) is 3.16. The molecule has 124 valence electrons. The molecule has 0 radical (unpaired) electrons. The van der Waals surface area contributed by atoms with E-state index < -0.39 is 0 Å². The maximum absolute atomic E-state index is 12.5. The van der Waals surface area contributed by atoms with Gasteiger partial charge in [-0.2, -0.15) is 0 Å². The maximum Gasteiger partial charge on any atom is 0.317 e. The van der Waals surface area contributed by atoms with Crippen molar-refractivity contribution in [2.24, 2.45) is 0 Å². The van der Waals surface area contributed by atoms with Crippen LogP contribution in [0.3, 0.4) is 0 Å². The molecular formula is C17H23N3O3. The molecule has 1 aromatic heterocycles. The van der Waals surface area contributed by atoms with Crippen molar-refractivity contribution in [3.8, 4) is 0 Å². The predicted molar refractivity (Wildman–Crippen MR) is 86.7 cm³/mol. The van der Waals surface area contributed by atoms with Gasteiger partial charge in [0.2, 0.25) is 5.91 Å². The second-order valence-corrected chi connectivity index (χ2v) is 6.15. The first-order valence-electron chi connectivity index (χ1n) is 8.17. The van der Waals surface area contributed by atoms with Crippen molar-refractivity contribution >= 4 is 17.5 Å². The Morgan fingerprint density at radius 3 is 2.65 bits per heavy atom. The Morgan fingerprint density at radius 2 is 2.00 bits per heavy atom. The van der Waals surface area contributed by atoms with E-state index in [0.717, 1.165) is 50.2 Å². The van der Waals surface area contributed by atoms with E-state index in [1.54, 1.807) is 13.2 Å². The molecule has 1 N–H and O–H groups in total. The largest absolute Gasteiger partial charge is 0.465 e. The fourth-order valence-electron chi connectivity index (χ4n) is 3.16.